The van der Waals surface area contributed by atoms with E-state index in [-0.39, 0.29) is 12.5 Å². The average molecular weight is 393 g/mol. The molecule has 2 N–H and O–H groups in total. The second-order valence-electron chi connectivity index (χ2n) is 7.66. The van der Waals surface area contributed by atoms with Crippen LogP contribution in [0.5, 0.6) is 0 Å². The molecule has 0 unspecified atom stereocenters. The highest BCUT2D eigenvalue weighted by Crippen LogP contribution is 2.33. The van der Waals surface area contributed by atoms with Gasteiger partial charge in [0.25, 0.3) is 5.91 Å². The van der Waals surface area contributed by atoms with Crippen molar-refractivity contribution in [3.63, 3.8) is 0 Å². The Hall–Kier alpha value is -3.15. The maximum Gasteiger partial charge on any atom is 0.325 e. The Bertz CT molecular complexity index is 932. The van der Waals surface area contributed by atoms with E-state index in [0.717, 1.165) is 32.8 Å². The molecule has 0 aromatic heterocycles. The fraction of sp³-hybridized carbons (Fsp3) is 0.348. The van der Waals surface area contributed by atoms with Crippen molar-refractivity contribution in [3.8, 4) is 0 Å². The number of imide groups is 1. The molecule has 2 aromatic rings. The predicted octanol–water partition coefficient (Wildman–Crippen LogP) is 3.80. The van der Waals surface area contributed by atoms with Crippen LogP contribution >= 0.6 is 0 Å². The first-order chi connectivity index (χ1) is 13.8. The number of benzene rings is 2. The maximum atomic E-state index is 13.3. The lowest BCUT2D eigenvalue weighted by Gasteiger charge is -2.26. The number of rotatable bonds is 6. The second-order valence-corrected chi connectivity index (χ2v) is 7.66. The normalized spacial score (nSPS) is 18.7. The average Bonchev–Trinajstić information content (AvgIpc) is 2.91. The van der Waals surface area contributed by atoms with Crippen LogP contribution in [0, 0.1) is 20.8 Å². The number of urea groups is 1. The molecular weight excluding hydrogens is 366 g/mol. The van der Waals surface area contributed by atoms with E-state index in [4.69, 9.17) is 0 Å². The second kappa shape index (κ2) is 8.07. The summed E-state index contributed by atoms with van der Waals surface area (Å²) in [5.74, 6) is -0.785. The van der Waals surface area contributed by atoms with Gasteiger partial charge in [-0.05, 0) is 43.9 Å². The molecule has 152 valence electrons. The molecule has 6 heteroatoms. The third-order valence-corrected chi connectivity index (χ3v) is 5.31. The standard InChI is InChI=1S/C23H27N3O3/c1-5-11-23(18-9-7-6-8-10-18)21(28)26(22(29)25-23)14-19(27)24-20-16(3)12-15(2)13-17(20)4/h6-10,12-13H,5,11,14H2,1-4H3,(H,24,27)(H,25,29)/t23-/m1/s1. The topological polar surface area (TPSA) is 78.5 Å². The van der Waals surface area contributed by atoms with E-state index >= 15 is 0 Å². The Balaban J connectivity index is 1.82. The van der Waals surface area contributed by atoms with Gasteiger partial charge in [0.1, 0.15) is 12.1 Å². The summed E-state index contributed by atoms with van der Waals surface area (Å²) in [5, 5.41) is 5.70. The zero-order valence-corrected chi connectivity index (χ0v) is 17.3. The van der Waals surface area contributed by atoms with Gasteiger partial charge in [-0.15, -0.1) is 0 Å². The number of hydrogen-bond acceptors (Lipinski definition) is 3. The summed E-state index contributed by atoms with van der Waals surface area (Å²) in [7, 11) is 0. The lowest BCUT2D eigenvalue weighted by atomic mass is 9.85. The summed E-state index contributed by atoms with van der Waals surface area (Å²) in [4.78, 5) is 39.6. The smallest absolute Gasteiger partial charge is 0.324 e. The van der Waals surface area contributed by atoms with Crippen LogP contribution in [0.3, 0.4) is 0 Å². The molecule has 1 fully saturated rings. The third kappa shape index (κ3) is 3.88. The number of hydrogen-bond donors (Lipinski definition) is 2. The van der Waals surface area contributed by atoms with Gasteiger partial charge in [-0.3, -0.25) is 14.5 Å². The van der Waals surface area contributed by atoms with E-state index in [1.165, 1.54) is 0 Å². The Kier molecular flexibility index (Phi) is 5.73. The van der Waals surface area contributed by atoms with Crippen molar-refractivity contribution in [2.75, 3.05) is 11.9 Å². The zero-order chi connectivity index (χ0) is 21.2. The third-order valence-electron chi connectivity index (χ3n) is 5.31. The number of carbonyl (C=O) groups is 3. The number of nitrogens with one attached hydrogen (secondary N) is 2. The molecule has 2 aromatic carbocycles. The fourth-order valence-corrected chi connectivity index (χ4v) is 4.08. The highest BCUT2D eigenvalue weighted by atomic mass is 16.2. The van der Waals surface area contributed by atoms with Gasteiger partial charge in [0.2, 0.25) is 5.91 Å². The molecule has 1 aliphatic rings. The van der Waals surface area contributed by atoms with Crippen LogP contribution in [0.2, 0.25) is 0 Å². The quantitative estimate of drug-likeness (QED) is 0.733. The molecule has 0 saturated carbocycles. The van der Waals surface area contributed by atoms with Crippen LogP contribution in [0.1, 0.15) is 42.0 Å². The van der Waals surface area contributed by atoms with E-state index in [2.05, 4.69) is 10.6 Å². The Morgan fingerprint density at radius 3 is 2.28 bits per heavy atom. The fourth-order valence-electron chi connectivity index (χ4n) is 4.08. The maximum absolute atomic E-state index is 13.3. The summed E-state index contributed by atoms with van der Waals surface area (Å²) >= 11 is 0. The van der Waals surface area contributed by atoms with E-state index in [0.29, 0.717) is 12.8 Å². The molecule has 1 aliphatic heterocycles. The molecule has 1 saturated heterocycles. The summed E-state index contributed by atoms with van der Waals surface area (Å²) in [5.41, 5.74) is 3.32. The highest BCUT2D eigenvalue weighted by Gasteiger charge is 2.52. The number of nitrogens with zero attached hydrogens (tertiary/aromatic N) is 1. The summed E-state index contributed by atoms with van der Waals surface area (Å²) in [6, 6.07) is 12.6. The van der Waals surface area contributed by atoms with Gasteiger partial charge >= 0.3 is 6.03 Å². The number of carbonyl (C=O) groups excluding carboxylic acids is 3. The van der Waals surface area contributed by atoms with E-state index in [9.17, 15) is 14.4 Å². The Labute approximate surface area is 171 Å². The van der Waals surface area contributed by atoms with Crippen molar-refractivity contribution >= 4 is 23.5 Å². The first-order valence-corrected chi connectivity index (χ1v) is 9.86. The molecule has 4 amide bonds. The minimum Gasteiger partial charge on any atom is -0.324 e. The minimum absolute atomic E-state index is 0.324. The molecule has 0 spiro atoms. The first-order valence-electron chi connectivity index (χ1n) is 9.86. The molecule has 0 radical (unpaired) electrons. The molecule has 3 rings (SSSR count). The number of amides is 4. The predicted molar refractivity (Wildman–Crippen MR) is 113 cm³/mol. The molecule has 29 heavy (non-hydrogen) atoms. The van der Waals surface area contributed by atoms with Crippen LogP contribution in [0.25, 0.3) is 0 Å². The van der Waals surface area contributed by atoms with E-state index in [1.807, 2.05) is 70.2 Å². The lowest BCUT2D eigenvalue weighted by Crippen LogP contribution is -2.44. The van der Waals surface area contributed by atoms with Gasteiger partial charge in [-0.25, -0.2) is 4.79 Å². The highest BCUT2D eigenvalue weighted by molar-refractivity contribution is 6.10. The molecular formula is C23H27N3O3. The Morgan fingerprint density at radius 1 is 1.07 bits per heavy atom. The van der Waals surface area contributed by atoms with E-state index < -0.39 is 17.5 Å². The van der Waals surface area contributed by atoms with Crippen LogP contribution in [-0.4, -0.2) is 29.3 Å². The van der Waals surface area contributed by atoms with Gasteiger partial charge in [0, 0.05) is 5.69 Å². The van der Waals surface area contributed by atoms with Gasteiger partial charge in [0.05, 0.1) is 0 Å². The molecule has 6 nitrogen and oxygen atoms in total. The molecule has 0 bridgehead atoms. The minimum atomic E-state index is -1.12. The van der Waals surface area contributed by atoms with Crippen molar-refractivity contribution in [1.82, 2.24) is 10.2 Å². The van der Waals surface area contributed by atoms with Gasteiger partial charge in [-0.2, -0.15) is 0 Å². The van der Waals surface area contributed by atoms with Crippen molar-refractivity contribution < 1.29 is 14.4 Å². The first kappa shape index (κ1) is 20.6. The van der Waals surface area contributed by atoms with Gasteiger partial charge in [-0.1, -0.05) is 61.4 Å². The van der Waals surface area contributed by atoms with Crippen molar-refractivity contribution in [3.05, 3.63) is 64.7 Å². The van der Waals surface area contributed by atoms with Crippen LogP contribution in [0.15, 0.2) is 42.5 Å². The number of aryl methyl sites for hydroxylation is 3. The molecule has 1 atom stereocenters. The SMILES string of the molecule is CCC[C@]1(c2ccccc2)NC(=O)N(CC(=O)Nc2c(C)cc(C)cc2C)C1=O. The summed E-state index contributed by atoms with van der Waals surface area (Å²) in [6.07, 6.45) is 1.18. The molecule has 1 heterocycles. The van der Waals surface area contributed by atoms with Crippen molar-refractivity contribution in [2.24, 2.45) is 0 Å². The van der Waals surface area contributed by atoms with Gasteiger partial charge < -0.3 is 10.6 Å². The van der Waals surface area contributed by atoms with E-state index in [1.54, 1.807) is 0 Å². The molecule has 0 aliphatic carbocycles. The monoisotopic (exact) mass is 393 g/mol. The number of anilines is 1. The van der Waals surface area contributed by atoms with Crippen molar-refractivity contribution in [1.29, 1.82) is 0 Å². The van der Waals surface area contributed by atoms with Crippen LogP contribution in [0.4, 0.5) is 10.5 Å². The van der Waals surface area contributed by atoms with Gasteiger partial charge in [0.15, 0.2) is 0 Å². The zero-order valence-electron chi connectivity index (χ0n) is 17.3. The lowest BCUT2D eigenvalue weighted by molar-refractivity contribution is -0.134. The Morgan fingerprint density at radius 2 is 1.69 bits per heavy atom. The van der Waals surface area contributed by atoms with Crippen LogP contribution < -0.4 is 10.6 Å². The summed E-state index contributed by atoms with van der Waals surface area (Å²) < 4.78 is 0. The largest absolute Gasteiger partial charge is 0.325 e. The summed E-state index contributed by atoms with van der Waals surface area (Å²) in [6.45, 7) is 7.48. The van der Waals surface area contributed by atoms with Crippen LogP contribution in [-0.2, 0) is 15.1 Å². The van der Waals surface area contributed by atoms with Crippen molar-refractivity contribution in [2.45, 2.75) is 46.1 Å².